The summed E-state index contributed by atoms with van der Waals surface area (Å²) in [6, 6.07) is 5.91. The van der Waals surface area contributed by atoms with Gasteiger partial charge in [-0.15, -0.1) is 0 Å². The van der Waals surface area contributed by atoms with Crippen molar-refractivity contribution in [1.29, 1.82) is 0 Å². The van der Waals surface area contributed by atoms with E-state index in [4.69, 9.17) is 0 Å². The highest BCUT2D eigenvalue weighted by atomic mass is 16.2. The van der Waals surface area contributed by atoms with Crippen molar-refractivity contribution in [2.45, 2.75) is 58.4 Å². The SMILES string of the molecule is Cc1cccc(NC(=O)C2CCCN(CC(=O)NC3CCCCC3C)C2)n1. The van der Waals surface area contributed by atoms with E-state index in [1.807, 2.05) is 25.1 Å². The monoisotopic (exact) mass is 372 g/mol. The number of nitrogens with one attached hydrogen (secondary N) is 2. The van der Waals surface area contributed by atoms with Crippen LogP contribution < -0.4 is 10.6 Å². The fraction of sp³-hybridized carbons (Fsp3) is 0.667. The number of carbonyl (C=O) groups excluding carboxylic acids is 2. The van der Waals surface area contributed by atoms with E-state index in [-0.39, 0.29) is 17.7 Å². The zero-order chi connectivity index (χ0) is 19.2. The molecule has 1 aromatic rings. The van der Waals surface area contributed by atoms with E-state index < -0.39 is 0 Å². The van der Waals surface area contributed by atoms with Crippen molar-refractivity contribution < 1.29 is 9.59 Å². The number of anilines is 1. The van der Waals surface area contributed by atoms with Crippen LogP contribution >= 0.6 is 0 Å². The lowest BCUT2D eigenvalue weighted by Gasteiger charge is -2.33. The molecule has 1 aliphatic carbocycles. The molecule has 2 fully saturated rings. The summed E-state index contributed by atoms with van der Waals surface area (Å²) in [7, 11) is 0. The standard InChI is InChI=1S/C21H32N4O2/c1-15-7-3-4-10-18(15)23-20(26)14-25-12-6-9-17(13-25)21(27)24-19-11-5-8-16(2)22-19/h5,8,11,15,17-18H,3-4,6-7,9-10,12-14H2,1-2H3,(H,23,26)(H,22,24,27). The lowest BCUT2D eigenvalue weighted by Crippen LogP contribution is -2.48. The molecular formula is C21H32N4O2. The first-order valence-electron chi connectivity index (χ1n) is 10.3. The average molecular weight is 373 g/mol. The molecular weight excluding hydrogens is 340 g/mol. The summed E-state index contributed by atoms with van der Waals surface area (Å²) in [5.74, 6) is 1.15. The van der Waals surface area contributed by atoms with Crippen LogP contribution in [0.4, 0.5) is 5.82 Å². The van der Waals surface area contributed by atoms with E-state index >= 15 is 0 Å². The minimum Gasteiger partial charge on any atom is -0.352 e. The van der Waals surface area contributed by atoms with Crippen LogP contribution in [0.5, 0.6) is 0 Å². The third-order valence-corrected chi connectivity index (χ3v) is 5.84. The van der Waals surface area contributed by atoms with E-state index in [0.717, 1.165) is 31.5 Å². The summed E-state index contributed by atoms with van der Waals surface area (Å²) in [5, 5.41) is 6.14. The molecule has 148 valence electrons. The largest absolute Gasteiger partial charge is 0.352 e. The average Bonchev–Trinajstić information content (AvgIpc) is 2.64. The van der Waals surface area contributed by atoms with Crippen LogP contribution in [0.2, 0.25) is 0 Å². The molecule has 0 radical (unpaired) electrons. The molecule has 3 unspecified atom stereocenters. The summed E-state index contributed by atoms with van der Waals surface area (Å²) in [6.07, 6.45) is 6.55. The van der Waals surface area contributed by atoms with Crippen molar-refractivity contribution in [1.82, 2.24) is 15.2 Å². The molecule has 0 bridgehead atoms. The Morgan fingerprint density at radius 3 is 2.78 bits per heavy atom. The zero-order valence-corrected chi connectivity index (χ0v) is 16.5. The predicted molar refractivity (Wildman–Crippen MR) is 106 cm³/mol. The smallest absolute Gasteiger partial charge is 0.234 e. The van der Waals surface area contributed by atoms with Crippen molar-refractivity contribution in [3.8, 4) is 0 Å². The summed E-state index contributed by atoms with van der Waals surface area (Å²) in [6.45, 7) is 6.02. The van der Waals surface area contributed by atoms with Gasteiger partial charge in [-0.05, 0) is 57.2 Å². The first kappa shape index (κ1) is 19.8. The number of hydrogen-bond donors (Lipinski definition) is 2. The van der Waals surface area contributed by atoms with Gasteiger partial charge in [-0.1, -0.05) is 25.8 Å². The van der Waals surface area contributed by atoms with Gasteiger partial charge in [-0.2, -0.15) is 0 Å². The lowest BCUT2D eigenvalue weighted by atomic mass is 9.86. The van der Waals surface area contributed by atoms with Gasteiger partial charge in [0.2, 0.25) is 11.8 Å². The summed E-state index contributed by atoms with van der Waals surface area (Å²) in [5.41, 5.74) is 0.881. The number of amides is 2. The summed E-state index contributed by atoms with van der Waals surface area (Å²) in [4.78, 5) is 31.5. The summed E-state index contributed by atoms with van der Waals surface area (Å²) >= 11 is 0. The van der Waals surface area contributed by atoms with Crippen LogP contribution in [0.15, 0.2) is 18.2 Å². The van der Waals surface area contributed by atoms with E-state index in [1.165, 1.54) is 19.3 Å². The van der Waals surface area contributed by atoms with Crippen molar-refractivity contribution in [2.75, 3.05) is 25.0 Å². The molecule has 27 heavy (non-hydrogen) atoms. The molecule has 2 aliphatic rings. The maximum absolute atomic E-state index is 12.6. The number of likely N-dealkylation sites (tertiary alicyclic amines) is 1. The van der Waals surface area contributed by atoms with E-state index in [1.54, 1.807) is 0 Å². The van der Waals surface area contributed by atoms with Crippen molar-refractivity contribution in [3.05, 3.63) is 23.9 Å². The molecule has 1 saturated carbocycles. The molecule has 1 aromatic heterocycles. The topological polar surface area (TPSA) is 74.3 Å². The second-order valence-electron chi connectivity index (χ2n) is 8.16. The molecule has 2 amide bonds. The third-order valence-electron chi connectivity index (χ3n) is 5.84. The van der Waals surface area contributed by atoms with E-state index in [2.05, 4.69) is 27.4 Å². The summed E-state index contributed by atoms with van der Waals surface area (Å²) < 4.78 is 0. The van der Waals surface area contributed by atoms with Crippen LogP contribution in [0, 0.1) is 18.8 Å². The molecule has 6 nitrogen and oxygen atoms in total. The van der Waals surface area contributed by atoms with Crippen LogP contribution in [0.1, 0.15) is 51.1 Å². The number of pyridine rings is 1. The van der Waals surface area contributed by atoms with Gasteiger partial charge in [0.1, 0.15) is 5.82 Å². The molecule has 2 heterocycles. The highest BCUT2D eigenvalue weighted by molar-refractivity contribution is 5.92. The van der Waals surface area contributed by atoms with Gasteiger partial charge >= 0.3 is 0 Å². The van der Waals surface area contributed by atoms with E-state index in [0.29, 0.717) is 30.9 Å². The number of rotatable bonds is 5. The Bertz CT molecular complexity index is 663. The van der Waals surface area contributed by atoms with Crippen LogP contribution in [0.25, 0.3) is 0 Å². The molecule has 6 heteroatoms. The molecule has 1 aliphatic heterocycles. The molecule has 3 rings (SSSR count). The third kappa shape index (κ3) is 5.76. The molecule has 1 saturated heterocycles. The molecule has 0 spiro atoms. The first-order valence-corrected chi connectivity index (χ1v) is 10.3. The number of hydrogen-bond acceptors (Lipinski definition) is 4. The quantitative estimate of drug-likeness (QED) is 0.833. The second kappa shape index (κ2) is 9.31. The van der Waals surface area contributed by atoms with Crippen LogP contribution in [-0.2, 0) is 9.59 Å². The van der Waals surface area contributed by atoms with Gasteiger partial charge in [-0.25, -0.2) is 4.98 Å². The number of nitrogens with zero attached hydrogens (tertiary/aromatic N) is 2. The minimum atomic E-state index is -0.0949. The molecule has 2 N–H and O–H groups in total. The number of aromatic nitrogens is 1. The first-order chi connectivity index (χ1) is 13.0. The minimum absolute atomic E-state index is 0.000823. The highest BCUT2D eigenvalue weighted by Crippen LogP contribution is 2.24. The predicted octanol–water partition coefficient (Wildman–Crippen LogP) is 2.74. The second-order valence-corrected chi connectivity index (χ2v) is 8.16. The fourth-order valence-electron chi connectivity index (χ4n) is 4.24. The van der Waals surface area contributed by atoms with Gasteiger partial charge in [-0.3, -0.25) is 14.5 Å². The Kier molecular flexibility index (Phi) is 6.83. The Morgan fingerprint density at radius 2 is 2.00 bits per heavy atom. The Labute approximate surface area is 162 Å². The van der Waals surface area contributed by atoms with Crippen molar-refractivity contribution >= 4 is 17.6 Å². The Hall–Kier alpha value is -1.95. The van der Waals surface area contributed by atoms with Crippen LogP contribution in [0.3, 0.4) is 0 Å². The Balaban J connectivity index is 1.48. The van der Waals surface area contributed by atoms with Crippen molar-refractivity contribution in [3.63, 3.8) is 0 Å². The number of piperidine rings is 1. The van der Waals surface area contributed by atoms with Gasteiger partial charge in [0, 0.05) is 18.3 Å². The van der Waals surface area contributed by atoms with Gasteiger partial charge < -0.3 is 10.6 Å². The molecule has 0 aromatic carbocycles. The fourth-order valence-corrected chi connectivity index (χ4v) is 4.24. The normalized spacial score (nSPS) is 26.4. The maximum atomic E-state index is 12.6. The van der Waals surface area contributed by atoms with E-state index in [9.17, 15) is 9.59 Å². The molecule has 3 atom stereocenters. The Morgan fingerprint density at radius 1 is 1.19 bits per heavy atom. The van der Waals surface area contributed by atoms with Crippen LogP contribution in [-0.4, -0.2) is 47.4 Å². The lowest BCUT2D eigenvalue weighted by molar-refractivity contribution is -0.126. The zero-order valence-electron chi connectivity index (χ0n) is 16.5. The van der Waals surface area contributed by atoms with Crippen molar-refractivity contribution in [2.24, 2.45) is 11.8 Å². The highest BCUT2D eigenvalue weighted by Gasteiger charge is 2.28. The van der Waals surface area contributed by atoms with Gasteiger partial charge in [0.05, 0.1) is 12.5 Å². The number of carbonyl (C=O) groups is 2. The van der Waals surface area contributed by atoms with Gasteiger partial charge in [0.25, 0.3) is 0 Å². The van der Waals surface area contributed by atoms with Gasteiger partial charge in [0.15, 0.2) is 0 Å². The number of aryl methyl sites for hydroxylation is 1. The maximum Gasteiger partial charge on any atom is 0.234 e.